The van der Waals surface area contributed by atoms with Crippen LogP contribution in [0.4, 0.5) is 5.69 Å². The number of amides is 1. The molecule has 1 atom stereocenters. The Morgan fingerprint density at radius 1 is 1.17 bits per heavy atom. The van der Waals surface area contributed by atoms with Crippen molar-refractivity contribution in [3.8, 4) is 5.75 Å². The molecule has 1 amide bonds. The summed E-state index contributed by atoms with van der Waals surface area (Å²) in [4.78, 5) is 12.5. The topological polar surface area (TPSA) is 69.0 Å². The monoisotopic (exact) mass is 422 g/mol. The third-order valence-electron chi connectivity index (χ3n) is 4.55. The quantitative estimate of drug-likeness (QED) is 0.390. The zero-order valence-corrected chi connectivity index (χ0v) is 18.3. The molecule has 0 saturated heterocycles. The Morgan fingerprint density at radius 2 is 1.87 bits per heavy atom. The van der Waals surface area contributed by atoms with Gasteiger partial charge in [0.2, 0.25) is 5.91 Å². The van der Waals surface area contributed by atoms with Gasteiger partial charge in [-0.05, 0) is 44.0 Å². The lowest BCUT2D eigenvalue weighted by molar-refractivity contribution is -0.113. The summed E-state index contributed by atoms with van der Waals surface area (Å²) in [7, 11) is 0. The van der Waals surface area contributed by atoms with E-state index in [0.717, 1.165) is 22.6 Å². The number of nitrogens with one attached hydrogen (secondary N) is 1. The number of para-hydroxylation sites is 2. The van der Waals surface area contributed by atoms with Crippen molar-refractivity contribution in [2.24, 2.45) is 0 Å². The first kappa shape index (κ1) is 21.6. The molecule has 1 aromatic heterocycles. The summed E-state index contributed by atoms with van der Waals surface area (Å²) >= 11 is 1.34. The van der Waals surface area contributed by atoms with Gasteiger partial charge in [0.05, 0.1) is 5.75 Å². The number of carbonyl (C=O) groups is 1. The lowest BCUT2D eigenvalue weighted by Crippen LogP contribution is -2.16. The van der Waals surface area contributed by atoms with Crippen molar-refractivity contribution >= 4 is 23.4 Å². The highest BCUT2D eigenvalue weighted by Gasteiger charge is 2.20. The highest BCUT2D eigenvalue weighted by Crippen LogP contribution is 2.25. The van der Waals surface area contributed by atoms with Crippen molar-refractivity contribution in [1.29, 1.82) is 0 Å². The first-order valence-corrected chi connectivity index (χ1v) is 10.7. The summed E-state index contributed by atoms with van der Waals surface area (Å²) in [6, 6.07) is 15.5. The Labute approximate surface area is 181 Å². The maximum atomic E-state index is 12.5. The SMILES string of the molecule is C=CCn1c(SCC(=O)Nc2c(C)cccc2C)nnc1C(C)Oc1ccccc1. The van der Waals surface area contributed by atoms with Crippen LogP contribution in [0.5, 0.6) is 5.75 Å². The number of aromatic nitrogens is 3. The van der Waals surface area contributed by atoms with Crippen LogP contribution in [-0.2, 0) is 11.3 Å². The number of ether oxygens (including phenoxy) is 1. The molecule has 1 N–H and O–H groups in total. The van der Waals surface area contributed by atoms with Gasteiger partial charge in [0.15, 0.2) is 17.1 Å². The van der Waals surface area contributed by atoms with E-state index in [2.05, 4.69) is 22.1 Å². The smallest absolute Gasteiger partial charge is 0.234 e. The molecule has 0 aliphatic carbocycles. The van der Waals surface area contributed by atoms with Crippen molar-refractivity contribution in [2.45, 2.75) is 38.6 Å². The Balaban J connectivity index is 1.68. The first-order valence-electron chi connectivity index (χ1n) is 9.74. The molecule has 0 spiro atoms. The average Bonchev–Trinajstić information content (AvgIpc) is 3.13. The zero-order valence-electron chi connectivity index (χ0n) is 17.5. The average molecular weight is 423 g/mol. The van der Waals surface area contributed by atoms with Crippen LogP contribution in [0.3, 0.4) is 0 Å². The molecule has 1 heterocycles. The number of thioether (sulfide) groups is 1. The Morgan fingerprint density at radius 3 is 2.53 bits per heavy atom. The minimum Gasteiger partial charge on any atom is -0.483 e. The van der Waals surface area contributed by atoms with Crippen LogP contribution >= 0.6 is 11.8 Å². The largest absolute Gasteiger partial charge is 0.483 e. The predicted octanol–water partition coefficient (Wildman–Crippen LogP) is 4.95. The maximum absolute atomic E-state index is 12.5. The predicted molar refractivity (Wildman–Crippen MR) is 121 cm³/mol. The van der Waals surface area contributed by atoms with E-state index in [9.17, 15) is 4.79 Å². The normalized spacial score (nSPS) is 11.7. The Kier molecular flexibility index (Phi) is 7.30. The van der Waals surface area contributed by atoms with Crippen LogP contribution in [0.15, 0.2) is 66.3 Å². The molecule has 1 unspecified atom stereocenters. The lowest BCUT2D eigenvalue weighted by atomic mass is 10.1. The van der Waals surface area contributed by atoms with E-state index < -0.39 is 0 Å². The highest BCUT2D eigenvalue weighted by molar-refractivity contribution is 7.99. The van der Waals surface area contributed by atoms with Crippen LogP contribution in [0.2, 0.25) is 0 Å². The highest BCUT2D eigenvalue weighted by atomic mass is 32.2. The van der Waals surface area contributed by atoms with Gasteiger partial charge in [-0.3, -0.25) is 9.36 Å². The summed E-state index contributed by atoms with van der Waals surface area (Å²) in [5.41, 5.74) is 2.94. The second-order valence-electron chi connectivity index (χ2n) is 6.92. The van der Waals surface area contributed by atoms with Crippen LogP contribution < -0.4 is 10.1 Å². The van der Waals surface area contributed by atoms with Gasteiger partial charge in [-0.15, -0.1) is 16.8 Å². The van der Waals surface area contributed by atoms with E-state index in [4.69, 9.17) is 4.74 Å². The number of hydrogen-bond acceptors (Lipinski definition) is 5. The molecule has 3 aromatic rings. The number of benzene rings is 2. The van der Waals surface area contributed by atoms with Gasteiger partial charge < -0.3 is 10.1 Å². The third kappa shape index (κ3) is 5.30. The van der Waals surface area contributed by atoms with E-state index in [1.807, 2.05) is 73.9 Å². The second-order valence-corrected chi connectivity index (χ2v) is 7.86. The van der Waals surface area contributed by atoms with Crippen molar-refractivity contribution in [1.82, 2.24) is 14.8 Å². The minimum absolute atomic E-state index is 0.0827. The number of anilines is 1. The van der Waals surface area contributed by atoms with Crippen LogP contribution in [0, 0.1) is 13.8 Å². The maximum Gasteiger partial charge on any atom is 0.234 e. The first-order chi connectivity index (χ1) is 14.5. The molecule has 0 radical (unpaired) electrons. The molecule has 0 fully saturated rings. The van der Waals surface area contributed by atoms with Crippen LogP contribution in [-0.4, -0.2) is 26.4 Å². The van der Waals surface area contributed by atoms with Crippen molar-refractivity contribution in [2.75, 3.05) is 11.1 Å². The summed E-state index contributed by atoms with van der Waals surface area (Å²) in [5, 5.41) is 12.2. The number of aryl methyl sites for hydroxylation is 2. The molecule has 3 rings (SSSR count). The lowest BCUT2D eigenvalue weighted by Gasteiger charge is -2.15. The van der Waals surface area contributed by atoms with Crippen molar-refractivity contribution < 1.29 is 9.53 Å². The summed E-state index contributed by atoms with van der Waals surface area (Å²) < 4.78 is 7.91. The van der Waals surface area contributed by atoms with E-state index in [-0.39, 0.29) is 17.8 Å². The van der Waals surface area contributed by atoms with E-state index in [1.54, 1.807) is 6.08 Å². The molecule has 7 heteroatoms. The molecule has 0 aliphatic rings. The van der Waals surface area contributed by atoms with Gasteiger partial charge in [-0.2, -0.15) is 0 Å². The zero-order chi connectivity index (χ0) is 21.5. The Bertz CT molecular complexity index is 997. The number of hydrogen-bond donors (Lipinski definition) is 1. The molecule has 0 aliphatic heterocycles. The fourth-order valence-corrected chi connectivity index (χ4v) is 3.84. The van der Waals surface area contributed by atoms with Gasteiger partial charge in [0.1, 0.15) is 5.75 Å². The van der Waals surface area contributed by atoms with Gasteiger partial charge in [-0.1, -0.05) is 54.2 Å². The molecule has 0 bridgehead atoms. The molecular weight excluding hydrogens is 396 g/mol. The standard InChI is InChI=1S/C23H26N4O2S/c1-5-14-27-22(18(4)29-19-12-7-6-8-13-19)25-26-23(27)30-15-20(28)24-21-16(2)10-9-11-17(21)3/h5-13,18H,1,14-15H2,2-4H3,(H,24,28). The van der Waals surface area contributed by atoms with Gasteiger partial charge in [0.25, 0.3) is 0 Å². The third-order valence-corrected chi connectivity index (χ3v) is 5.52. The summed E-state index contributed by atoms with van der Waals surface area (Å²) in [6.07, 6.45) is 1.49. The number of carbonyl (C=O) groups excluding carboxylic acids is 1. The molecule has 6 nitrogen and oxygen atoms in total. The fourth-order valence-electron chi connectivity index (χ4n) is 3.08. The number of allylic oxidation sites excluding steroid dienone is 1. The van der Waals surface area contributed by atoms with Crippen molar-refractivity contribution in [3.63, 3.8) is 0 Å². The van der Waals surface area contributed by atoms with Crippen molar-refractivity contribution in [3.05, 3.63) is 78.1 Å². The number of nitrogens with zero attached hydrogens (tertiary/aromatic N) is 3. The summed E-state index contributed by atoms with van der Waals surface area (Å²) in [5.74, 6) is 1.61. The second kappa shape index (κ2) is 10.1. The van der Waals surface area contributed by atoms with Gasteiger partial charge >= 0.3 is 0 Å². The fraction of sp³-hybridized carbons (Fsp3) is 0.261. The molecular formula is C23H26N4O2S. The molecule has 2 aromatic carbocycles. The van der Waals surface area contributed by atoms with Gasteiger partial charge in [-0.25, -0.2) is 0 Å². The Hall–Kier alpha value is -3.06. The van der Waals surface area contributed by atoms with E-state index in [0.29, 0.717) is 17.5 Å². The van der Waals surface area contributed by atoms with E-state index in [1.165, 1.54) is 11.8 Å². The van der Waals surface area contributed by atoms with E-state index >= 15 is 0 Å². The molecule has 156 valence electrons. The van der Waals surface area contributed by atoms with Crippen LogP contribution in [0.25, 0.3) is 0 Å². The molecule has 30 heavy (non-hydrogen) atoms. The van der Waals surface area contributed by atoms with Crippen LogP contribution in [0.1, 0.15) is 30.0 Å². The number of rotatable bonds is 9. The molecule has 0 saturated carbocycles. The van der Waals surface area contributed by atoms with Gasteiger partial charge in [0, 0.05) is 12.2 Å². The minimum atomic E-state index is -0.294. The summed E-state index contributed by atoms with van der Waals surface area (Å²) in [6.45, 7) is 10.3.